The van der Waals surface area contributed by atoms with Crippen molar-refractivity contribution in [3.63, 3.8) is 0 Å². The minimum Gasteiger partial charge on any atom is -0.399 e. The van der Waals surface area contributed by atoms with E-state index in [-0.39, 0.29) is 16.8 Å². The number of aromatic nitrogens is 1. The van der Waals surface area contributed by atoms with Gasteiger partial charge in [-0.15, -0.1) is 0 Å². The Morgan fingerprint density at radius 3 is 2.73 bits per heavy atom. The van der Waals surface area contributed by atoms with Crippen LogP contribution < -0.4 is 10.5 Å². The Bertz CT molecular complexity index is 947. The van der Waals surface area contributed by atoms with Crippen molar-refractivity contribution in [1.82, 2.24) is 14.2 Å². The van der Waals surface area contributed by atoms with Gasteiger partial charge in [-0.3, -0.25) is 4.79 Å². The molecule has 0 spiro atoms. The van der Waals surface area contributed by atoms with Crippen LogP contribution in [0.2, 0.25) is 0 Å². The standard InChI is InChI=1S/C18H24N4O3S/c1-21(2)18(23)17-10-14(11-22(17)3)26(24,25)20-16-6-4-5-12-9-13(19)7-8-15(12)16/h7-11,16,20H,4-6,19H2,1-3H3. The van der Waals surface area contributed by atoms with Gasteiger partial charge in [0.15, 0.2) is 0 Å². The maximum Gasteiger partial charge on any atom is 0.269 e. The first-order valence-electron chi connectivity index (χ1n) is 8.47. The highest BCUT2D eigenvalue weighted by atomic mass is 32.2. The topological polar surface area (TPSA) is 97.4 Å². The number of nitrogens with zero attached hydrogens (tertiary/aromatic N) is 2. The molecule has 0 aliphatic heterocycles. The molecule has 1 unspecified atom stereocenters. The van der Waals surface area contributed by atoms with Crippen LogP contribution in [-0.4, -0.2) is 37.9 Å². The number of nitrogens with two attached hydrogens (primary N) is 1. The summed E-state index contributed by atoms with van der Waals surface area (Å²) in [7, 11) is 1.18. The van der Waals surface area contributed by atoms with E-state index in [4.69, 9.17) is 5.73 Å². The average molecular weight is 376 g/mol. The van der Waals surface area contributed by atoms with Gasteiger partial charge in [-0.25, -0.2) is 13.1 Å². The summed E-state index contributed by atoms with van der Waals surface area (Å²) in [4.78, 5) is 13.7. The highest BCUT2D eigenvalue weighted by molar-refractivity contribution is 7.89. The number of carbonyl (C=O) groups excluding carboxylic acids is 1. The quantitative estimate of drug-likeness (QED) is 0.793. The molecule has 1 amide bonds. The van der Waals surface area contributed by atoms with Crippen molar-refractivity contribution in [2.75, 3.05) is 19.8 Å². The van der Waals surface area contributed by atoms with Gasteiger partial charge in [0.2, 0.25) is 10.0 Å². The molecule has 3 N–H and O–H groups in total. The first-order chi connectivity index (χ1) is 12.2. The third kappa shape index (κ3) is 3.47. The van der Waals surface area contributed by atoms with Crippen molar-refractivity contribution in [3.8, 4) is 0 Å². The number of nitrogen functional groups attached to an aromatic ring is 1. The zero-order valence-corrected chi connectivity index (χ0v) is 16.0. The van der Waals surface area contributed by atoms with Crippen molar-refractivity contribution < 1.29 is 13.2 Å². The number of hydrogen-bond donors (Lipinski definition) is 2. The Hall–Kier alpha value is -2.32. The predicted octanol–water partition coefficient (Wildman–Crippen LogP) is 1.66. The third-order valence-electron chi connectivity index (χ3n) is 4.69. The lowest BCUT2D eigenvalue weighted by molar-refractivity contribution is 0.0818. The van der Waals surface area contributed by atoms with Crippen LogP contribution in [0.4, 0.5) is 5.69 Å². The Morgan fingerprint density at radius 1 is 1.31 bits per heavy atom. The summed E-state index contributed by atoms with van der Waals surface area (Å²) in [5.41, 5.74) is 8.90. The molecule has 1 aliphatic rings. The van der Waals surface area contributed by atoms with Crippen LogP contribution in [0, 0.1) is 0 Å². The molecule has 1 heterocycles. The maximum atomic E-state index is 12.9. The van der Waals surface area contributed by atoms with Crippen LogP contribution in [0.15, 0.2) is 35.4 Å². The molecule has 3 rings (SSSR count). The Labute approximate surface area is 153 Å². The lowest BCUT2D eigenvalue weighted by Crippen LogP contribution is -2.31. The largest absolute Gasteiger partial charge is 0.399 e. The average Bonchev–Trinajstić information content (AvgIpc) is 2.96. The number of rotatable bonds is 4. The summed E-state index contributed by atoms with van der Waals surface area (Å²) >= 11 is 0. The van der Waals surface area contributed by atoms with E-state index in [9.17, 15) is 13.2 Å². The van der Waals surface area contributed by atoms with E-state index in [2.05, 4.69) is 4.72 Å². The maximum absolute atomic E-state index is 12.9. The zero-order valence-electron chi connectivity index (χ0n) is 15.2. The molecule has 7 nitrogen and oxygen atoms in total. The Balaban J connectivity index is 1.89. The van der Waals surface area contributed by atoms with Crippen LogP contribution in [0.25, 0.3) is 0 Å². The van der Waals surface area contributed by atoms with Crippen LogP contribution in [0.5, 0.6) is 0 Å². The molecule has 2 aromatic rings. The fourth-order valence-electron chi connectivity index (χ4n) is 3.33. The SMILES string of the molecule is CN(C)C(=O)c1cc(S(=O)(=O)NC2CCCc3cc(N)ccc32)cn1C. The molecule has 8 heteroatoms. The highest BCUT2D eigenvalue weighted by Crippen LogP contribution is 2.32. The summed E-state index contributed by atoms with van der Waals surface area (Å²) in [6.45, 7) is 0. The monoisotopic (exact) mass is 376 g/mol. The zero-order chi connectivity index (χ0) is 19.1. The summed E-state index contributed by atoms with van der Waals surface area (Å²) < 4.78 is 30.0. The number of benzene rings is 1. The summed E-state index contributed by atoms with van der Waals surface area (Å²) in [6, 6.07) is 6.71. The van der Waals surface area contributed by atoms with Crippen molar-refractivity contribution in [3.05, 3.63) is 47.3 Å². The number of nitrogens with one attached hydrogen (secondary N) is 1. The van der Waals surface area contributed by atoms with Gasteiger partial charge in [0.25, 0.3) is 5.91 Å². The Morgan fingerprint density at radius 2 is 2.04 bits per heavy atom. The van der Waals surface area contributed by atoms with E-state index in [1.54, 1.807) is 27.2 Å². The molecule has 26 heavy (non-hydrogen) atoms. The number of hydrogen-bond acceptors (Lipinski definition) is 4. The fourth-order valence-corrected chi connectivity index (χ4v) is 4.65. The van der Waals surface area contributed by atoms with E-state index >= 15 is 0 Å². The van der Waals surface area contributed by atoms with Crippen LogP contribution in [0.1, 0.15) is 40.5 Å². The smallest absolute Gasteiger partial charge is 0.269 e. The van der Waals surface area contributed by atoms with Gasteiger partial charge in [0.05, 0.1) is 0 Å². The fraction of sp³-hybridized carbons (Fsp3) is 0.389. The molecule has 0 bridgehead atoms. The van der Waals surface area contributed by atoms with Gasteiger partial charge >= 0.3 is 0 Å². The molecule has 0 saturated carbocycles. The van der Waals surface area contributed by atoms with Crippen LogP contribution in [-0.2, 0) is 23.5 Å². The van der Waals surface area contributed by atoms with E-state index in [1.165, 1.54) is 21.7 Å². The summed E-state index contributed by atoms with van der Waals surface area (Å²) in [6.07, 6.45) is 3.98. The molecule has 1 aliphatic carbocycles. The number of amides is 1. The van der Waals surface area contributed by atoms with Gasteiger partial charge in [-0.1, -0.05) is 6.07 Å². The molecule has 0 saturated heterocycles. The second-order valence-electron chi connectivity index (χ2n) is 6.90. The minimum atomic E-state index is -3.75. The predicted molar refractivity (Wildman–Crippen MR) is 100 cm³/mol. The van der Waals surface area contributed by atoms with Gasteiger partial charge in [0.1, 0.15) is 10.6 Å². The van der Waals surface area contributed by atoms with Crippen molar-refractivity contribution >= 4 is 21.6 Å². The molecule has 1 aromatic carbocycles. The number of aryl methyl sites for hydroxylation is 2. The molecular formula is C18H24N4O3S. The first kappa shape index (κ1) is 18.5. The normalized spacial score (nSPS) is 17.0. The summed E-state index contributed by atoms with van der Waals surface area (Å²) in [5, 5.41) is 0. The van der Waals surface area contributed by atoms with Gasteiger partial charge in [-0.05, 0) is 48.6 Å². The third-order valence-corrected chi connectivity index (χ3v) is 6.13. The second kappa shape index (κ2) is 6.77. The first-order valence-corrected chi connectivity index (χ1v) is 9.96. The van der Waals surface area contributed by atoms with Crippen LogP contribution in [0.3, 0.4) is 0 Å². The van der Waals surface area contributed by atoms with E-state index < -0.39 is 10.0 Å². The molecule has 140 valence electrons. The number of sulfonamides is 1. The van der Waals surface area contributed by atoms with E-state index in [0.717, 1.165) is 30.4 Å². The van der Waals surface area contributed by atoms with Crippen molar-refractivity contribution in [1.29, 1.82) is 0 Å². The van der Waals surface area contributed by atoms with Gasteiger partial charge in [-0.2, -0.15) is 0 Å². The van der Waals surface area contributed by atoms with Crippen LogP contribution >= 0.6 is 0 Å². The van der Waals surface area contributed by atoms with Gasteiger partial charge < -0.3 is 15.2 Å². The molecule has 0 radical (unpaired) electrons. The number of carbonyl (C=O) groups is 1. The minimum absolute atomic E-state index is 0.0905. The highest BCUT2D eigenvalue weighted by Gasteiger charge is 2.28. The second-order valence-corrected chi connectivity index (χ2v) is 8.61. The number of anilines is 1. The Kier molecular flexibility index (Phi) is 4.81. The lowest BCUT2D eigenvalue weighted by Gasteiger charge is -2.26. The lowest BCUT2D eigenvalue weighted by atomic mass is 9.88. The molecular weight excluding hydrogens is 352 g/mol. The van der Waals surface area contributed by atoms with Crippen molar-refractivity contribution in [2.24, 2.45) is 7.05 Å². The molecule has 1 aromatic heterocycles. The van der Waals surface area contributed by atoms with Gasteiger partial charge in [0, 0.05) is 39.1 Å². The number of fused-ring (bicyclic) bond motifs is 1. The van der Waals surface area contributed by atoms with Crippen molar-refractivity contribution in [2.45, 2.75) is 30.2 Å². The molecule has 1 atom stereocenters. The molecule has 0 fully saturated rings. The van der Waals surface area contributed by atoms with E-state index in [0.29, 0.717) is 11.4 Å². The summed E-state index contributed by atoms with van der Waals surface area (Å²) in [5.74, 6) is -0.243. The van der Waals surface area contributed by atoms with E-state index in [1.807, 2.05) is 12.1 Å².